The summed E-state index contributed by atoms with van der Waals surface area (Å²) in [5.74, 6) is 0.929. The number of nitrogens with zero attached hydrogens (tertiary/aromatic N) is 3. The van der Waals surface area contributed by atoms with Crippen LogP contribution in [0.4, 0.5) is 23.1 Å². The van der Waals surface area contributed by atoms with E-state index in [1.807, 2.05) is 19.1 Å². The third kappa shape index (κ3) is 3.93. The van der Waals surface area contributed by atoms with Gasteiger partial charge in [0.1, 0.15) is 0 Å². The van der Waals surface area contributed by atoms with Gasteiger partial charge in [-0.15, -0.1) is 5.10 Å². The molecule has 3 aromatic rings. The summed E-state index contributed by atoms with van der Waals surface area (Å²) in [4.78, 5) is 4.40. The molecule has 0 radical (unpaired) electrons. The number of halogens is 2. The summed E-state index contributed by atoms with van der Waals surface area (Å²) in [6.45, 7) is 4.08. The van der Waals surface area contributed by atoms with Crippen LogP contribution in [-0.4, -0.2) is 15.2 Å². The number of hydrogen-bond donors (Lipinski definition) is 2. The lowest BCUT2D eigenvalue weighted by molar-refractivity contribution is 0.981. The molecule has 0 spiro atoms. The van der Waals surface area contributed by atoms with E-state index in [2.05, 4.69) is 38.8 Å². The summed E-state index contributed by atoms with van der Waals surface area (Å²) in [7, 11) is 0. The normalized spacial score (nSPS) is 10.5. The lowest BCUT2D eigenvalue weighted by atomic mass is 10.1. The SMILES string of the molecule is Cc1ccc(Nc2nncc(Nc3ccc(Cl)cc3Cl)n2)c(C)c1. The van der Waals surface area contributed by atoms with Crippen LogP contribution < -0.4 is 10.6 Å². The Bertz CT molecular complexity index is 814. The van der Waals surface area contributed by atoms with E-state index in [1.54, 1.807) is 18.2 Å². The van der Waals surface area contributed by atoms with Gasteiger partial charge in [0.25, 0.3) is 0 Å². The number of aryl methyl sites for hydroxylation is 2. The van der Waals surface area contributed by atoms with Crippen molar-refractivity contribution < 1.29 is 0 Å². The van der Waals surface area contributed by atoms with Crippen LogP contribution in [0.15, 0.2) is 42.6 Å². The van der Waals surface area contributed by atoms with Gasteiger partial charge in [0.05, 0.1) is 16.9 Å². The third-order valence-electron chi connectivity index (χ3n) is 3.38. The van der Waals surface area contributed by atoms with E-state index in [4.69, 9.17) is 23.2 Å². The maximum Gasteiger partial charge on any atom is 0.249 e. The molecule has 5 nitrogen and oxygen atoms in total. The first kappa shape index (κ1) is 16.5. The summed E-state index contributed by atoms with van der Waals surface area (Å²) in [6.07, 6.45) is 1.53. The first-order valence-corrected chi connectivity index (χ1v) is 8.03. The highest BCUT2D eigenvalue weighted by molar-refractivity contribution is 6.36. The van der Waals surface area contributed by atoms with E-state index in [1.165, 1.54) is 11.8 Å². The van der Waals surface area contributed by atoms with Gasteiger partial charge >= 0.3 is 0 Å². The molecule has 2 N–H and O–H groups in total. The highest BCUT2D eigenvalue weighted by atomic mass is 35.5. The van der Waals surface area contributed by atoms with Crippen molar-refractivity contribution in [2.75, 3.05) is 10.6 Å². The Hall–Kier alpha value is -2.37. The molecule has 0 atom stereocenters. The van der Waals surface area contributed by atoms with E-state index in [9.17, 15) is 0 Å². The average molecular weight is 360 g/mol. The Labute approximate surface area is 150 Å². The fraction of sp³-hybridized carbons (Fsp3) is 0.118. The first-order valence-electron chi connectivity index (χ1n) is 7.27. The molecule has 0 aliphatic carbocycles. The molecule has 1 heterocycles. The number of nitrogens with one attached hydrogen (secondary N) is 2. The molecule has 0 saturated heterocycles. The molecule has 0 amide bonds. The molecule has 122 valence electrons. The van der Waals surface area contributed by atoms with E-state index in [-0.39, 0.29) is 0 Å². The van der Waals surface area contributed by atoms with E-state index >= 15 is 0 Å². The zero-order chi connectivity index (χ0) is 17.1. The van der Waals surface area contributed by atoms with E-state index in [0.29, 0.717) is 27.5 Å². The van der Waals surface area contributed by atoms with Gasteiger partial charge < -0.3 is 10.6 Å². The van der Waals surface area contributed by atoms with Crippen LogP contribution in [-0.2, 0) is 0 Å². The van der Waals surface area contributed by atoms with Crippen LogP contribution in [0.2, 0.25) is 10.0 Å². The van der Waals surface area contributed by atoms with Gasteiger partial charge in [0, 0.05) is 10.7 Å². The van der Waals surface area contributed by atoms with Crippen molar-refractivity contribution >= 4 is 46.3 Å². The first-order chi connectivity index (χ1) is 11.5. The lowest BCUT2D eigenvalue weighted by Gasteiger charge is -2.10. The Morgan fingerprint density at radius 3 is 2.46 bits per heavy atom. The van der Waals surface area contributed by atoms with E-state index < -0.39 is 0 Å². The van der Waals surface area contributed by atoms with Gasteiger partial charge in [-0.05, 0) is 43.7 Å². The average Bonchev–Trinajstić information content (AvgIpc) is 2.53. The zero-order valence-electron chi connectivity index (χ0n) is 13.1. The molecule has 0 bridgehead atoms. The van der Waals surface area contributed by atoms with Crippen LogP contribution in [0, 0.1) is 13.8 Å². The summed E-state index contributed by atoms with van der Waals surface area (Å²) in [5, 5.41) is 15.3. The molecule has 2 aromatic carbocycles. The predicted molar refractivity (Wildman–Crippen MR) is 98.8 cm³/mol. The highest BCUT2D eigenvalue weighted by Gasteiger charge is 2.06. The highest BCUT2D eigenvalue weighted by Crippen LogP contribution is 2.28. The minimum atomic E-state index is 0.400. The molecule has 3 rings (SSSR count). The second kappa shape index (κ2) is 7.03. The number of benzene rings is 2. The molecule has 7 heteroatoms. The monoisotopic (exact) mass is 359 g/mol. The summed E-state index contributed by atoms with van der Waals surface area (Å²) < 4.78 is 0. The Balaban J connectivity index is 1.81. The molecule has 0 aliphatic heterocycles. The zero-order valence-corrected chi connectivity index (χ0v) is 14.7. The van der Waals surface area contributed by atoms with Gasteiger partial charge in [-0.25, -0.2) is 0 Å². The summed E-state index contributed by atoms with van der Waals surface area (Å²) in [5.41, 5.74) is 3.94. The van der Waals surface area contributed by atoms with Crippen molar-refractivity contribution in [1.29, 1.82) is 0 Å². The van der Waals surface area contributed by atoms with Gasteiger partial charge in [-0.3, -0.25) is 0 Å². The summed E-state index contributed by atoms with van der Waals surface area (Å²) in [6, 6.07) is 11.3. The van der Waals surface area contributed by atoms with Crippen LogP contribution in [0.1, 0.15) is 11.1 Å². The summed E-state index contributed by atoms with van der Waals surface area (Å²) >= 11 is 12.1. The van der Waals surface area contributed by atoms with Crippen LogP contribution in [0.5, 0.6) is 0 Å². The maximum atomic E-state index is 6.16. The minimum absolute atomic E-state index is 0.400. The number of aromatic nitrogens is 3. The van der Waals surface area contributed by atoms with Crippen molar-refractivity contribution in [3.05, 3.63) is 63.8 Å². The minimum Gasteiger partial charge on any atom is -0.338 e. The number of rotatable bonds is 4. The second-order valence-corrected chi connectivity index (χ2v) is 6.20. The van der Waals surface area contributed by atoms with Crippen molar-refractivity contribution in [2.24, 2.45) is 0 Å². The standard InChI is InChI=1S/C17H15Cl2N5/c1-10-3-5-14(11(2)7-10)22-17-23-16(9-20-24-17)21-15-6-4-12(18)8-13(15)19/h3-9H,1-2H3,(H2,21,22,23,24). The van der Waals surface area contributed by atoms with Crippen molar-refractivity contribution in [1.82, 2.24) is 15.2 Å². The van der Waals surface area contributed by atoms with Gasteiger partial charge in [0.15, 0.2) is 5.82 Å². The van der Waals surface area contributed by atoms with Gasteiger partial charge in [-0.1, -0.05) is 40.9 Å². The molecule has 0 aliphatic rings. The fourth-order valence-electron chi connectivity index (χ4n) is 2.22. The molecule has 24 heavy (non-hydrogen) atoms. The molecule has 1 aromatic heterocycles. The number of anilines is 4. The Morgan fingerprint density at radius 1 is 0.917 bits per heavy atom. The van der Waals surface area contributed by atoms with Gasteiger partial charge in [-0.2, -0.15) is 10.1 Å². The molecular weight excluding hydrogens is 345 g/mol. The fourth-order valence-corrected chi connectivity index (χ4v) is 2.68. The second-order valence-electron chi connectivity index (χ2n) is 5.36. The largest absolute Gasteiger partial charge is 0.338 e. The smallest absolute Gasteiger partial charge is 0.249 e. The van der Waals surface area contributed by atoms with Gasteiger partial charge in [0.2, 0.25) is 5.95 Å². The van der Waals surface area contributed by atoms with E-state index in [0.717, 1.165) is 11.3 Å². The molecule has 0 saturated carbocycles. The van der Waals surface area contributed by atoms with Crippen molar-refractivity contribution in [2.45, 2.75) is 13.8 Å². The number of hydrogen-bond acceptors (Lipinski definition) is 5. The van der Waals surface area contributed by atoms with Crippen LogP contribution in [0.3, 0.4) is 0 Å². The predicted octanol–water partition coefficient (Wildman–Crippen LogP) is 5.28. The molecule has 0 fully saturated rings. The quantitative estimate of drug-likeness (QED) is 0.663. The molecule has 0 unspecified atom stereocenters. The van der Waals surface area contributed by atoms with Crippen LogP contribution >= 0.6 is 23.2 Å². The Kier molecular flexibility index (Phi) is 4.83. The molecular formula is C17H15Cl2N5. The van der Waals surface area contributed by atoms with Crippen LogP contribution in [0.25, 0.3) is 0 Å². The topological polar surface area (TPSA) is 62.7 Å². The lowest BCUT2D eigenvalue weighted by Crippen LogP contribution is -2.03. The van der Waals surface area contributed by atoms with Crippen molar-refractivity contribution in [3.8, 4) is 0 Å². The van der Waals surface area contributed by atoms with Crippen molar-refractivity contribution in [3.63, 3.8) is 0 Å². The maximum absolute atomic E-state index is 6.16. The third-order valence-corrected chi connectivity index (χ3v) is 3.93. The Morgan fingerprint density at radius 2 is 1.71 bits per heavy atom.